The number of rotatable bonds is 6. The topological polar surface area (TPSA) is 47.0 Å². The maximum Gasteiger partial charge on any atom is 0.156 e. The first-order valence-electron chi connectivity index (χ1n) is 8.73. The van der Waals surface area contributed by atoms with Gasteiger partial charge < -0.3 is 0 Å². The lowest BCUT2D eigenvalue weighted by molar-refractivity contribution is -0.124. The molecule has 0 aliphatic heterocycles. The van der Waals surface area contributed by atoms with E-state index in [0.29, 0.717) is 6.42 Å². The van der Waals surface area contributed by atoms with Crippen LogP contribution in [0.2, 0.25) is 0 Å². The monoisotopic (exact) mass is 333 g/mol. The highest BCUT2D eigenvalue weighted by Crippen LogP contribution is 2.04. The Balaban J connectivity index is -0.000000549. The third kappa shape index (κ3) is 18.0. The number of Topliss-reactive ketones (excluding diaryl/α,β-unsaturated/α-hetero) is 1. The molecule has 0 saturated carbocycles. The van der Waals surface area contributed by atoms with Crippen LogP contribution in [-0.2, 0) is 9.59 Å². The van der Waals surface area contributed by atoms with E-state index < -0.39 is 0 Å². The van der Waals surface area contributed by atoms with Crippen molar-refractivity contribution >= 4 is 17.6 Å². The minimum Gasteiger partial charge on any atom is -0.299 e. The highest BCUT2D eigenvalue weighted by atomic mass is 16.1. The number of pyridine rings is 1. The van der Waals surface area contributed by atoms with E-state index in [2.05, 4.69) is 11.6 Å². The fraction of sp³-hybridized carbons (Fsp3) is 0.476. The lowest BCUT2D eigenvalue weighted by Gasteiger charge is -2.01. The second-order valence-electron chi connectivity index (χ2n) is 4.58. The first-order valence-corrected chi connectivity index (χ1v) is 8.73. The Kier molecular flexibility index (Phi) is 23.5. The van der Waals surface area contributed by atoms with Crippen LogP contribution in [-0.4, -0.2) is 16.6 Å². The van der Waals surface area contributed by atoms with Crippen molar-refractivity contribution in [3.8, 4) is 0 Å². The molecule has 0 fully saturated rings. The molecule has 0 amide bonds. The Hall–Kier alpha value is -2.03. The molecule has 136 valence electrons. The molecule has 0 aliphatic carbocycles. The molecule has 1 rings (SSSR count). The molecule has 0 aromatic carbocycles. The SMILES string of the molecule is C=CC.CC.CC.CC(C)C(=O)CCC(=O)/C=C/c1ccccn1. The molecule has 3 heteroatoms. The minimum absolute atomic E-state index is 0.00238. The summed E-state index contributed by atoms with van der Waals surface area (Å²) in [5.41, 5.74) is 0.746. The Morgan fingerprint density at radius 3 is 2.08 bits per heavy atom. The van der Waals surface area contributed by atoms with Crippen molar-refractivity contribution in [1.82, 2.24) is 4.98 Å². The zero-order chi connectivity index (χ0) is 19.4. The summed E-state index contributed by atoms with van der Waals surface area (Å²) in [6.45, 7) is 16.9. The summed E-state index contributed by atoms with van der Waals surface area (Å²) in [7, 11) is 0. The van der Waals surface area contributed by atoms with Crippen molar-refractivity contribution in [1.29, 1.82) is 0 Å². The van der Waals surface area contributed by atoms with Crippen LogP contribution in [0.1, 0.15) is 67.0 Å². The van der Waals surface area contributed by atoms with Gasteiger partial charge in [-0.05, 0) is 31.2 Å². The largest absolute Gasteiger partial charge is 0.299 e. The number of hydrogen-bond acceptors (Lipinski definition) is 3. The average molecular weight is 334 g/mol. The summed E-state index contributed by atoms with van der Waals surface area (Å²) in [4.78, 5) is 26.9. The van der Waals surface area contributed by atoms with Gasteiger partial charge >= 0.3 is 0 Å². The van der Waals surface area contributed by atoms with Crippen molar-refractivity contribution in [2.24, 2.45) is 5.92 Å². The van der Waals surface area contributed by atoms with Gasteiger partial charge in [0.25, 0.3) is 0 Å². The Morgan fingerprint density at radius 2 is 1.67 bits per heavy atom. The quantitative estimate of drug-likeness (QED) is 0.480. The van der Waals surface area contributed by atoms with Crippen LogP contribution in [0.4, 0.5) is 0 Å². The van der Waals surface area contributed by atoms with Crippen molar-refractivity contribution in [3.05, 3.63) is 48.8 Å². The van der Waals surface area contributed by atoms with Crippen LogP contribution in [0.5, 0.6) is 0 Å². The number of aromatic nitrogens is 1. The standard InChI is InChI=1S/C14H17NO2.C3H6.2C2H6/c1-11(2)14(17)9-8-13(16)7-6-12-5-3-4-10-15-12;1-3-2;2*1-2/h3-7,10-11H,8-9H2,1-2H3;3H,1H2,2H3;2*1-2H3/b7-6+;;;. The zero-order valence-electron chi connectivity index (χ0n) is 16.5. The molecule has 1 heterocycles. The van der Waals surface area contributed by atoms with E-state index in [9.17, 15) is 9.59 Å². The lowest BCUT2D eigenvalue weighted by atomic mass is 10.0. The van der Waals surface area contributed by atoms with Crippen LogP contribution >= 0.6 is 0 Å². The molecule has 1 aromatic rings. The van der Waals surface area contributed by atoms with Gasteiger partial charge in [-0.15, -0.1) is 6.58 Å². The number of carbonyl (C=O) groups is 2. The van der Waals surface area contributed by atoms with Crippen LogP contribution in [0.15, 0.2) is 43.1 Å². The predicted octanol–water partition coefficient (Wildman–Crippen LogP) is 5.91. The molecule has 3 nitrogen and oxygen atoms in total. The van der Waals surface area contributed by atoms with Gasteiger partial charge in [0.1, 0.15) is 5.78 Å². The van der Waals surface area contributed by atoms with E-state index in [-0.39, 0.29) is 23.9 Å². The molecule has 24 heavy (non-hydrogen) atoms. The second kappa shape index (κ2) is 21.0. The molecule has 0 spiro atoms. The highest BCUT2D eigenvalue weighted by Gasteiger charge is 2.08. The van der Waals surface area contributed by atoms with Crippen LogP contribution < -0.4 is 0 Å². The van der Waals surface area contributed by atoms with Crippen LogP contribution in [0.3, 0.4) is 0 Å². The van der Waals surface area contributed by atoms with E-state index in [4.69, 9.17) is 0 Å². The Bertz CT molecular complexity index is 448. The second-order valence-corrected chi connectivity index (χ2v) is 4.58. The molecule has 1 aromatic heterocycles. The molecule has 0 unspecified atom stereocenters. The van der Waals surface area contributed by atoms with E-state index in [1.54, 1.807) is 18.3 Å². The third-order valence-electron chi connectivity index (χ3n) is 2.39. The van der Waals surface area contributed by atoms with Gasteiger partial charge in [-0.1, -0.05) is 53.7 Å². The highest BCUT2D eigenvalue weighted by molar-refractivity contribution is 5.95. The maximum absolute atomic E-state index is 11.5. The van der Waals surface area contributed by atoms with E-state index >= 15 is 0 Å². The normalized spacial score (nSPS) is 8.83. The fourth-order valence-electron chi connectivity index (χ4n) is 1.27. The molecule has 0 N–H and O–H groups in total. The fourth-order valence-corrected chi connectivity index (χ4v) is 1.27. The van der Waals surface area contributed by atoms with Gasteiger partial charge in [-0.25, -0.2) is 0 Å². The van der Waals surface area contributed by atoms with Gasteiger partial charge in [0, 0.05) is 25.0 Å². The number of hydrogen-bond donors (Lipinski definition) is 0. The number of nitrogens with zero attached hydrogens (tertiary/aromatic N) is 1. The van der Waals surface area contributed by atoms with Gasteiger partial charge in [0.15, 0.2) is 5.78 Å². The molecule has 0 radical (unpaired) electrons. The summed E-state index contributed by atoms with van der Waals surface area (Å²) in [5.74, 6) is 0.0943. The molecule has 0 bridgehead atoms. The maximum atomic E-state index is 11.5. The molecule has 0 saturated heterocycles. The first kappa shape index (κ1) is 26.8. The average Bonchev–Trinajstić information content (AvgIpc) is 2.62. The molecule has 0 atom stereocenters. The zero-order valence-corrected chi connectivity index (χ0v) is 16.5. The van der Waals surface area contributed by atoms with Gasteiger partial charge in [-0.3, -0.25) is 14.6 Å². The lowest BCUT2D eigenvalue weighted by Crippen LogP contribution is -2.08. The number of carbonyl (C=O) groups excluding carboxylic acids is 2. The van der Waals surface area contributed by atoms with E-state index in [0.717, 1.165) is 5.69 Å². The Labute approximate surface area is 148 Å². The number of ketones is 2. The third-order valence-corrected chi connectivity index (χ3v) is 2.39. The number of allylic oxidation sites excluding steroid dienone is 2. The molecule has 0 aliphatic rings. The molecular formula is C21H35NO2. The molecular weight excluding hydrogens is 298 g/mol. The smallest absolute Gasteiger partial charge is 0.156 e. The Morgan fingerprint density at radius 1 is 1.12 bits per heavy atom. The van der Waals surface area contributed by atoms with E-state index in [1.807, 2.05) is 66.7 Å². The van der Waals surface area contributed by atoms with Crippen molar-refractivity contribution in [3.63, 3.8) is 0 Å². The van der Waals surface area contributed by atoms with Gasteiger partial charge in [0.2, 0.25) is 0 Å². The van der Waals surface area contributed by atoms with Crippen molar-refractivity contribution < 1.29 is 9.59 Å². The van der Waals surface area contributed by atoms with Crippen molar-refractivity contribution in [2.75, 3.05) is 0 Å². The summed E-state index contributed by atoms with van der Waals surface area (Å²) in [6, 6.07) is 5.50. The van der Waals surface area contributed by atoms with E-state index in [1.165, 1.54) is 6.08 Å². The van der Waals surface area contributed by atoms with Crippen LogP contribution in [0.25, 0.3) is 6.08 Å². The summed E-state index contributed by atoms with van der Waals surface area (Å²) in [6.07, 6.45) is 7.17. The summed E-state index contributed by atoms with van der Waals surface area (Å²) in [5, 5.41) is 0. The summed E-state index contributed by atoms with van der Waals surface area (Å²) < 4.78 is 0. The van der Waals surface area contributed by atoms with Gasteiger partial charge in [-0.2, -0.15) is 0 Å². The predicted molar refractivity (Wildman–Crippen MR) is 106 cm³/mol. The summed E-state index contributed by atoms with van der Waals surface area (Å²) >= 11 is 0. The van der Waals surface area contributed by atoms with Crippen molar-refractivity contribution in [2.45, 2.75) is 61.3 Å². The first-order chi connectivity index (χ1) is 11.5. The van der Waals surface area contributed by atoms with Gasteiger partial charge in [0.05, 0.1) is 5.69 Å². The minimum atomic E-state index is -0.0374. The van der Waals surface area contributed by atoms with Crippen LogP contribution in [0, 0.1) is 5.92 Å².